The van der Waals surface area contributed by atoms with E-state index in [1.165, 1.54) is 21.2 Å². The van der Waals surface area contributed by atoms with E-state index in [1.807, 2.05) is 7.05 Å². The fourth-order valence-corrected chi connectivity index (χ4v) is 2.23. The Labute approximate surface area is 107 Å². The Hall–Kier alpha value is -0.600. The molecule has 0 amide bonds. The van der Waals surface area contributed by atoms with Crippen LogP contribution in [0.3, 0.4) is 0 Å². The molecule has 1 nitrogen and oxygen atoms in total. The lowest BCUT2D eigenvalue weighted by Crippen LogP contribution is -2.17. The number of hydrogen-bond acceptors (Lipinski definition) is 1. The molecule has 1 rings (SSSR count). The molecule has 0 spiro atoms. The zero-order valence-corrected chi connectivity index (χ0v) is 11.9. The summed E-state index contributed by atoms with van der Waals surface area (Å²) in [6, 6.07) is 6.79. The standard InChI is InChI=1S/C14H20BrN/c1-10(2)8-9-14(16-4)12-6-5-7-13(15)11(12)3/h5-7,14,16H,1,8-9H2,2-4H3. The molecule has 0 heterocycles. The summed E-state index contributed by atoms with van der Waals surface area (Å²) in [5, 5.41) is 3.38. The number of halogens is 1. The molecule has 1 unspecified atom stereocenters. The highest BCUT2D eigenvalue weighted by atomic mass is 79.9. The lowest BCUT2D eigenvalue weighted by molar-refractivity contribution is 0.545. The molecule has 0 bridgehead atoms. The second-order valence-electron chi connectivity index (χ2n) is 4.29. The molecule has 0 aliphatic heterocycles. The third-order valence-electron chi connectivity index (χ3n) is 2.89. The molecule has 0 saturated heterocycles. The van der Waals surface area contributed by atoms with Gasteiger partial charge >= 0.3 is 0 Å². The number of allylic oxidation sites excluding steroid dienone is 1. The Morgan fingerprint density at radius 2 is 2.19 bits per heavy atom. The maximum Gasteiger partial charge on any atom is 0.0323 e. The first-order valence-electron chi connectivity index (χ1n) is 5.63. The number of rotatable bonds is 5. The molecule has 0 radical (unpaired) electrons. The topological polar surface area (TPSA) is 12.0 Å². The monoisotopic (exact) mass is 281 g/mol. The van der Waals surface area contributed by atoms with Gasteiger partial charge in [-0.3, -0.25) is 0 Å². The predicted molar refractivity (Wildman–Crippen MR) is 74.7 cm³/mol. The Balaban J connectivity index is 2.86. The number of benzene rings is 1. The van der Waals surface area contributed by atoms with Crippen LogP contribution < -0.4 is 5.32 Å². The third-order valence-corrected chi connectivity index (χ3v) is 3.75. The molecule has 16 heavy (non-hydrogen) atoms. The van der Waals surface area contributed by atoms with E-state index >= 15 is 0 Å². The van der Waals surface area contributed by atoms with Crippen LogP contribution in [0.1, 0.15) is 36.9 Å². The van der Waals surface area contributed by atoms with Gasteiger partial charge in [-0.15, -0.1) is 6.58 Å². The van der Waals surface area contributed by atoms with Crippen molar-refractivity contribution in [1.82, 2.24) is 5.32 Å². The zero-order valence-electron chi connectivity index (χ0n) is 10.3. The normalized spacial score (nSPS) is 12.5. The van der Waals surface area contributed by atoms with Crippen molar-refractivity contribution >= 4 is 15.9 Å². The minimum absolute atomic E-state index is 0.411. The van der Waals surface area contributed by atoms with Gasteiger partial charge in [0.15, 0.2) is 0 Å². The molecule has 0 saturated carbocycles. The van der Waals surface area contributed by atoms with Gasteiger partial charge in [-0.05, 0) is 50.9 Å². The van der Waals surface area contributed by atoms with Gasteiger partial charge in [-0.25, -0.2) is 0 Å². The molecule has 0 aromatic heterocycles. The zero-order chi connectivity index (χ0) is 12.1. The van der Waals surface area contributed by atoms with Gasteiger partial charge in [0.1, 0.15) is 0 Å². The van der Waals surface area contributed by atoms with E-state index in [2.05, 4.69) is 59.9 Å². The van der Waals surface area contributed by atoms with Gasteiger partial charge in [0, 0.05) is 10.5 Å². The molecule has 1 aromatic carbocycles. The van der Waals surface area contributed by atoms with Gasteiger partial charge in [-0.2, -0.15) is 0 Å². The van der Waals surface area contributed by atoms with Crippen molar-refractivity contribution < 1.29 is 0 Å². The van der Waals surface area contributed by atoms with E-state index in [0.717, 1.165) is 12.8 Å². The Bertz CT molecular complexity index is 371. The van der Waals surface area contributed by atoms with E-state index < -0.39 is 0 Å². The molecule has 0 aliphatic carbocycles. The summed E-state index contributed by atoms with van der Waals surface area (Å²) in [6.45, 7) is 8.20. The van der Waals surface area contributed by atoms with Crippen molar-refractivity contribution in [3.8, 4) is 0 Å². The Kier molecular flexibility index (Phi) is 5.23. The van der Waals surface area contributed by atoms with Crippen molar-refractivity contribution in [1.29, 1.82) is 0 Å². The Morgan fingerprint density at radius 1 is 1.50 bits per heavy atom. The summed E-state index contributed by atoms with van der Waals surface area (Å²) in [5.74, 6) is 0. The minimum atomic E-state index is 0.411. The molecule has 1 atom stereocenters. The summed E-state index contributed by atoms with van der Waals surface area (Å²) < 4.78 is 1.18. The molecular formula is C14H20BrN. The maximum absolute atomic E-state index is 3.96. The summed E-state index contributed by atoms with van der Waals surface area (Å²) in [4.78, 5) is 0. The highest BCUT2D eigenvalue weighted by molar-refractivity contribution is 9.10. The van der Waals surface area contributed by atoms with Crippen molar-refractivity contribution in [2.24, 2.45) is 0 Å². The SMILES string of the molecule is C=C(C)CCC(NC)c1cccc(Br)c1C. The highest BCUT2D eigenvalue weighted by Crippen LogP contribution is 2.27. The predicted octanol–water partition coefficient (Wildman–Crippen LogP) is 4.37. The lowest BCUT2D eigenvalue weighted by Gasteiger charge is -2.19. The van der Waals surface area contributed by atoms with Crippen LogP contribution in [0.25, 0.3) is 0 Å². The average Bonchev–Trinajstić information content (AvgIpc) is 2.24. The summed E-state index contributed by atoms with van der Waals surface area (Å²) in [5.41, 5.74) is 3.94. The third kappa shape index (κ3) is 3.46. The van der Waals surface area contributed by atoms with Gasteiger partial charge in [-0.1, -0.05) is 33.6 Å². The average molecular weight is 282 g/mol. The molecule has 88 valence electrons. The smallest absolute Gasteiger partial charge is 0.0323 e. The largest absolute Gasteiger partial charge is 0.313 e. The van der Waals surface area contributed by atoms with E-state index in [4.69, 9.17) is 0 Å². The highest BCUT2D eigenvalue weighted by Gasteiger charge is 2.12. The molecule has 0 fully saturated rings. The van der Waals surface area contributed by atoms with Gasteiger partial charge < -0.3 is 5.32 Å². The summed E-state index contributed by atoms with van der Waals surface area (Å²) >= 11 is 3.58. The van der Waals surface area contributed by atoms with Crippen molar-refractivity contribution in [3.05, 3.63) is 46.0 Å². The minimum Gasteiger partial charge on any atom is -0.313 e. The van der Waals surface area contributed by atoms with Crippen LogP contribution in [0.5, 0.6) is 0 Å². The molecule has 2 heteroatoms. The fraction of sp³-hybridized carbons (Fsp3) is 0.429. The first-order chi connectivity index (χ1) is 7.56. The second kappa shape index (κ2) is 6.21. The summed E-state index contributed by atoms with van der Waals surface area (Å²) in [7, 11) is 2.02. The van der Waals surface area contributed by atoms with Crippen LogP contribution in [0.4, 0.5) is 0 Å². The van der Waals surface area contributed by atoms with Crippen molar-refractivity contribution in [2.75, 3.05) is 7.05 Å². The molecule has 1 aromatic rings. The number of nitrogens with one attached hydrogen (secondary N) is 1. The van der Waals surface area contributed by atoms with Gasteiger partial charge in [0.2, 0.25) is 0 Å². The molecule has 1 N–H and O–H groups in total. The van der Waals surface area contributed by atoms with Crippen molar-refractivity contribution in [2.45, 2.75) is 32.7 Å². The van der Waals surface area contributed by atoms with Crippen LogP contribution in [0, 0.1) is 6.92 Å². The Morgan fingerprint density at radius 3 is 2.75 bits per heavy atom. The number of hydrogen-bond donors (Lipinski definition) is 1. The second-order valence-corrected chi connectivity index (χ2v) is 5.15. The quantitative estimate of drug-likeness (QED) is 0.790. The molecule has 0 aliphatic rings. The van der Waals surface area contributed by atoms with E-state index in [9.17, 15) is 0 Å². The van der Waals surface area contributed by atoms with Gasteiger partial charge in [0.05, 0.1) is 0 Å². The first kappa shape index (κ1) is 13.5. The van der Waals surface area contributed by atoms with Crippen LogP contribution in [0.2, 0.25) is 0 Å². The van der Waals surface area contributed by atoms with Crippen LogP contribution in [0.15, 0.2) is 34.8 Å². The lowest BCUT2D eigenvalue weighted by atomic mass is 9.96. The summed E-state index contributed by atoms with van der Waals surface area (Å²) in [6.07, 6.45) is 2.17. The van der Waals surface area contributed by atoms with Crippen LogP contribution in [-0.2, 0) is 0 Å². The van der Waals surface area contributed by atoms with E-state index in [-0.39, 0.29) is 0 Å². The van der Waals surface area contributed by atoms with E-state index in [0.29, 0.717) is 6.04 Å². The van der Waals surface area contributed by atoms with Crippen LogP contribution >= 0.6 is 15.9 Å². The maximum atomic E-state index is 3.96. The van der Waals surface area contributed by atoms with Crippen molar-refractivity contribution in [3.63, 3.8) is 0 Å². The van der Waals surface area contributed by atoms with E-state index in [1.54, 1.807) is 0 Å². The first-order valence-corrected chi connectivity index (χ1v) is 6.42. The molecular weight excluding hydrogens is 262 g/mol. The fourth-order valence-electron chi connectivity index (χ4n) is 1.85. The van der Waals surface area contributed by atoms with Gasteiger partial charge in [0.25, 0.3) is 0 Å². The van der Waals surface area contributed by atoms with Crippen LogP contribution in [-0.4, -0.2) is 7.05 Å².